The van der Waals surface area contributed by atoms with Crippen LogP contribution in [0.3, 0.4) is 0 Å². The molecule has 2 aliphatic rings. The quantitative estimate of drug-likeness (QED) is 0.701. The number of sulfone groups is 1. The summed E-state index contributed by atoms with van der Waals surface area (Å²) in [5.74, 6) is 1.01. The van der Waals surface area contributed by atoms with E-state index in [1.165, 1.54) is 6.26 Å². The van der Waals surface area contributed by atoms with Crippen LogP contribution in [-0.4, -0.2) is 56.9 Å². The number of likely N-dealkylation sites (tertiary alicyclic amines) is 1. The number of piperidine rings is 1. The predicted molar refractivity (Wildman–Crippen MR) is 112 cm³/mol. The van der Waals surface area contributed by atoms with Crippen LogP contribution in [-0.2, 0) is 19.4 Å². The van der Waals surface area contributed by atoms with Crippen LogP contribution in [0.4, 0.5) is 0 Å². The molecule has 162 valence electrons. The van der Waals surface area contributed by atoms with Crippen molar-refractivity contribution in [2.75, 3.05) is 19.3 Å². The number of amides is 1. The molecule has 0 atom stereocenters. The van der Waals surface area contributed by atoms with Gasteiger partial charge in [-0.15, -0.1) is 0 Å². The SMILES string of the molecule is CC(C)C(=O)N1CCC(OC2CCC(Oc3ccc(S(C)(=O)=O)cc3)CC2)CC1. The van der Waals surface area contributed by atoms with E-state index in [2.05, 4.69) is 0 Å². The highest BCUT2D eigenvalue weighted by Crippen LogP contribution is 2.28. The van der Waals surface area contributed by atoms with E-state index < -0.39 is 9.84 Å². The Hall–Kier alpha value is -1.60. The molecule has 0 spiro atoms. The first-order valence-electron chi connectivity index (χ1n) is 10.6. The number of nitrogens with zero attached hydrogens (tertiary/aromatic N) is 1. The second-order valence-corrected chi connectivity index (χ2v) is 10.6. The van der Waals surface area contributed by atoms with E-state index >= 15 is 0 Å². The Kier molecular flexibility index (Phi) is 7.22. The molecule has 1 saturated carbocycles. The van der Waals surface area contributed by atoms with Gasteiger partial charge in [-0.25, -0.2) is 8.42 Å². The predicted octanol–water partition coefficient (Wildman–Crippen LogP) is 3.44. The van der Waals surface area contributed by atoms with E-state index in [0.29, 0.717) is 10.6 Å². The first-order valence-corrected chi connectivity index (χ1v) is 12.5. The lowest BCUT2D eigenvalue weighted by Gasteiger charge is -2.36. The summed E-state index contributed by atoms with van der Waals surface area (Å²) in [6.07, 6.45) is 7.50. The fraction of sp³-hybridized carbons (Fsp3) is 0.682. The van der Waals surface area contributed by atoms with Crippen LogP contribution in [0.25, 0.3) is 0 Å². The monoisotopic (exact) mass is 423 g/mol. The van der Waals surface area contributed by atoms with Crippen LogP contribution in [0.15, 0.2) is 29.2 Å². The van der Waals surface area contributed by atoms with Crippen LogP contribution < -0.4 is 4.74 Å². The number of hydrogen-bond acceptors (Lipinski definition) is 5. The summed E-state index contributed by atoms with van der Waals surface area (Å²) in [7, 11) is -3.18. The number of carbonyl (C=O) groups is 1. The minimum atomic E-state index is -3.18. The number of rotatable bonds is 6. The molecule has 0 N–H and O–H groups in total. The maximum atomic E-state index is 12.1. The first-order chi connectivity index (χ1) is 13.7. The van der Waals surface area contributed by atoms with Crippen molar-refractivity contribution >= 4 is 15.7 Å². The second-order valence-electron chi connectivity index (χ2n) is 8.58. The normalized spacial score (nSPS) is 23.9. The number of carbonyl (C=O) groups excluding carboxylic acids is 1. The van der Waals surface area contributed by atoms with Gasteiger partial charge in [-0.05, 0) is 62.8 Å². The Morgan fingerprint density at radius 2 is 1.45 bits per heavy atom. The fourth-order valence-corrected chi connectivity index (χ4v) is 4.72. The average Bonchev–Trinajstić information content (AvgIpc) is 2.69. The minimum Gasteiger partial charge on any atom is -0.490 e. The lowest BCUT2D eigenvalue weighted by atomic mass is 9.94. The molecule has 1 aromatic rings. The van der Waals surface area contributed by atoms with Gasteiger partial charge in [0.2, 0.25) is 5.91 Å². The number of benzene rings is 1. The van der Waals surface area contributed by atoms with E-state index in [0.717, 1.165) is 51.6 Å². The van der Waals surface area contributed by atoms with Crippen molar-refractivity contribution in [2.45, 2.75) is 75.6 Å². The maximum Gasteiger partial charge on any atom is 0.225 e. The van der Waals surface area contributed by atoms with Gasteiger partial charge in [0.15, 0.2) is 9.84 Å². The third-order valence-corrected chi connectivity index (χ3v) is 6.94. The maximum absolute atomic E-state index is 12.1. The van der Waals surface area contributed by atoms with Crippen molar-refractivity contribution in [3.8, 4) is 5.75 Å². The molecule has 1 saturated heterocycles. The van der Waals surface area contributed by atoms with E-state index in [1.807, 2.05) is 18.7 Å². The Balaban J connectivity index is 1.39. The Labute approximate surface area is 174 Å². The molecule has 2 fully saturated rings. The summed E-state index contributed by atoms with van der Waals surface area (Å²) in [6, 6.07) is 6.64. The highest BCUT2D eigenvalue weighted by atomic mass is 32.2. The third kappa shape index (κ3) is 6.19. The zero-order valence-electron chi connectivity index (χ0n) is 17.7. The molecule has 7 heteroatoms. The van der Waals surface area contributed by atoms with Crippen LogP contribution in [0.5, 0.6) is 5.75 Å². The summed E-state index contributed by atoms with van der Waals surface area (Å²) in [4.78, 5) is 14.4. The molecule has 0 radical (unpaired) electrons. The Morgan fingerprint density at radius 3 is 1.97 bits per heavy atom. The van der Waals surface area contributed by atoms with Crippen molar-refractivity contribution < 1.29 is 22.7 Å². The van der Waals surface area contributed by atoms with Crippen molar-refractivity contribution in [3.63, 3.8) is 0 Å². The minimum absolute atomic E-state index is 0.0605. The molecule has 1 amide bonds. The summed E-state index contributed by atoms with van der Waals surface area (Å²) in [5, 5.41) is 0. The van der Waals surface area contributed by atoms with Crippen molar-refractivity contribution in [3.05, 3.63) is 24.3 Å². The van der Waals surface area contributed by atoms with Gasteiger partial charge in [0.1, 0.15) is 5.75 Å². The molecular weight excluding hydrogens is 390 g/mol. The van der Waals surface area contributed by atoms with Crippen molar-refractivity contribution in [2.24, 2.45) is 5.92 Å². The summed E-state index contributed by atoms with van der Waals surface area (Å²) in [5.41, 5.74) is 0. The van der Waals surface area contributed by atoms with Crippen LogP contribution in [0, 0.1) is 5.92 Å². The number of hydrogen-bond donors (Lipinski definition) is 0. The molecule has 0 aromatic heterocycles. The smallest absolute Gasteiger partial charge is 0.225 e. The van der Waals surface area contributed by atoms with Gasteiger partial charge in [0.25, 0.3) is 0 Å². The van der Waals surface area contributed by atoms with E-state index in [4.69, 9.17) is 9.47 Å². The van der Waals surface area contributed by atoms with Gasteiger partial charge in [0, 0.05) is 25.3 Å². The molecule has 1 heterocycles. The molecule has 0 bridgehead atoms. The Morgan fingerprint density at radius 1 is 0.931 bits per heavy atom. The summed E-state index contributed by atoms with van der Waals surface area (Å²) >= 11 is 0. The Bertz CT molecular complexity index is 774. The van der Waals surface area contributed by atoms with Gasteiger partial charge >= 0.3 is 0 Å². The summed E-state index contributed by atoms with van der Waals surface area (Å²) in [6.45, 7) is 5.49. The van der Waals surface area contributed by atoms with E-state index in [9.17, 15) is 13.2 Å². The lowest BCUT2D eigenvalue weighted by Crippen LogP contribution is -2.43. The van der Waals surface area contributed by atoms with E-state index in [1.54, 1.807) is 24.3 Å². The summed E-state index contributed by atoms with van der Waals surface area (Å²) < 4.78 is 35.4. The lowest BCUT2D eigenvalue weighted by molar-refractivity contribution is -0.138. The van der Waals surface area contributed by atoms with Gasteiger partial charge < -0.3 is 14.4 Å². The molecule has 3 rings (SSSR count). The third-order valence-electron chi connectivity index (χ3n) is 5.81. The van der Waals surface area contributed by atoms with Gasteiger partial charge in [-0.1, -0.05) is 13.8 Å². The number of ether oxygens (including phenoxy) is 2. The van der Waals surface area contributed by atoms with Crippen LogP contribution in [0.2, 0.25) is 0 Å². The van der Waals surface area contributed by atoms with Gasteiger partial charge in [0.05, 0.1) is 23.2 Å². The molecule has 1 aromatic carbocycles. The molecular formula is C22H33NO5S. The average molecular weight is 424 g/mol. The zero-order valence-corrected chi connectivity index (χ0v) is 18.5. The van der Waals surface area contributed by atoms with Gasteiger partial charge in [-0.2, -0.15) is 0 Å². The largest absolute Gasteiger partial charge is 0.490 e. The highest BCUT2D eigenvalue weighted by Gasteiger charge is 2.29. The second kappa shape index (κ2) is 9.47. The van der Waals surface area contributed by atoms with Crippen LogP contribution in [0.1, 0.15) is 52.4 Å². The standard InChI is InChI=1S/C22H33NO5S/c1-16(2)22(24)23-14-12-20(13-15-23)28-18-6-4-17(5-7-18)27-19-8-10-21(11-9-19)29(3,25)26/h8-11,16-18,20H,4-7,12-15H2,1-3H3. The van der Waals surface area contributed by atoms with Crippen molar-refractivity contribution in [1.29, 1.82) is 0 Å². The zero-order chi connectivity index (χ0) is 21.0. The molecule has 1 aliphatic carbocycles. The first kappa shape index (κ1) is 22.1. The molecule has 0 unspecified atom stereocenters. The van der Waals surface area contributed by atoms with E-state index in [-0.39, 0.29) is 30.1 Å². The highest BCUT2D eigenvalue weighted by molar-refractivity contribution is 7.90. The van der Waals surface area contributed by atoms with Crippen molar-refractivity contribution in [1.82, 2.24) is 4.90 Å². The molecule has 1 aliphatic heterocycles. The molecule has 6 nitrogen and oxygen atoms in total. The van der Waals surface area contributed by atoms with Gasteiger partial charge in [-0.3, -0.25) is 4.79 Å². The topological polar surface area (TPSA) is 72.9 Å². The van der Waals surface area contributed by atoms with Crippen LogP contribution >= 0.6 is 0 Å². The fourth-order valence-electron chi connectivity index (χ4n) is 4.09. The molecule has 29 heavy (non-hydrogen) atoms.